The maximum atomic E-state index is 13.3. The Hall–Kier alpha value is -3.86. The van der Waals surface area contributed by atoms with Crippen molar-refractivity contribution in [3.63, 3.8) is 0 Å². The van der Waals surface area contributed by atoms with E-state index < -0.39 is 17.7 Å². The normalized spacial score (nSPS) is 17.6. The Morgan fingerprint density at radius 3 is 2.24 bits per heavy atom. The van der Waals surface area contributed by atoms with E-state index in [0.717, 1.165) is 16.7 Å². The van der Waals surface area contributed by atoms with E-state index in [-0.39, 0.29) is 17.4 Å². The molecule has 3 aromatic rings. The zero-order chi connectivity index (χ0) is 23.7. The largest absolute Gasteiger partial charge is 0.507 e. The van der Waals surface area contributed by atoms with E-state index in [4.69, 9.17) is 4.74 Å². The SMILES string of the molecule is Cc1ccccc1C1/C(=C(\O)c2cccc(OC(C)C)c2)C(=O)C(=O)N1c1ccccc1C. The minimum absolute atomic E-state index is 0.0407. The number of hydrogen-bond donors (Lipinski definition) is 1. The zero-order valence-corrected chi connectivity index (χ0v) is 19.2. The fraction of sp³-hybridized carbons (Fsp3) is 0.214. The van der Waals surface area contributed by atoms with Crippen molar-refractivity contribution in [3.8, 4) is 5.75 Å². The van der Waals surface area contributed by atoms with E-state index in [1.807, 2.05) is 76.2 Å². The summed E-state index contributed by atoms with van der Waals surface area (Å²) in [4.78, 5) is 28.2. The lowest BCUT2D eigenvalue weighted by atomic mass is 9.92. The molecule has 0 radical (unpaired) electrons. The van der Waals surface area contributed by atoms with Gasteiger partial charge in [0.05, 0.1) is 17.7 Å². The standard InChI is InChI=1S/C28H27NO4/c1-17(2)33-21-13-9-12-20(16-21)26(30)24-25(22-14-7-5-10-18(22)3)29(28(32)27(24)31)23-15-8-6-11-19(23)4/h5-17,25,30H,1-4H3/b26-24+. The van der Waals surface area contributed by atoms with E-state index in [2.05, 4.69) is 0 Å². The number of ketones is 1. The fourth-order valence-corrected chi connectivity index (χ4v) is 4.25. The lowest BCUT2D eigenvalue weighted by Gasteiger charge is -2.27. The van der Waals surface area contributed by atoms with Crippen LogP contribution in [0.1, 0.15) is 42.1 Å². The third-order valence-electron chi connectivity index (χ3n) is 5.78. The molecule has 0 aromatic heterocycles. The number of para-hydroxylation sites is 1. The van der Waals surface area contributed by atoms with E-state index in [1.54, 1.807) is 24.3 Å². The second-order valence-electron chi connectivity index (χ2n) is 8.51. The summed E-state index contributed by atoms with van der Waals surface area (Å²) < 4.78 is 5.76. The van der Waals surface area contributed by atoms with Crippen LogP contribution in [0.3, 0.4) is 0 Å². The van der Waals surface area contributed by atoms with Crippen LogP contribution in [0.15, 0.2) is 78.4 Å². The summed E-state index contributed by atoms with van der Waals surface area (Å²) in [6, 6.07) is 21.2. The van der Waals surface area contributed by atoms with Crippen molar-refractivity contribution in [2.75, 3.05) is 4.90 Å². The number of Topliss-reactive ketones (excluding diaryl/α,β-unsaturated/α-hetero) is 1. The number of aliphatic hydroxyl groups excluding tert-OH is 1. The molecule has 1 atom stereocenters. The molecule has 33 heavy (non-hydrogen) atoms. The third kappa shape index (κ3) is 4.14. The van der Waals surface area contributed by atoms with Crippen molar-refractivity contribution in [3.05, 3.63) is 101 Å². The quantitative estimate of drug-likeness (QED) is 0.313. The first-order valence-corrected chi connectivity index (χ1v) is 11.0. The van der Waals surface area contributed by atoms with Gasteiger partial charge in [-0.1, -0.05) is 54.6 Å². The highest BCUT2D eigenvalue weighted by molar-refractivity contribution is 6.51. The van der Waals surface area contributed by atoms with Gasteiger partial charge in [-0.3, -0.25) is 14.5 Å². The first-order chi connectivity index (χ1) is 15.8. The Labute approximate surface area is 193 Å². The van der Waals surface area contributed by atoms with Gasteiger partial charge >= 0.3 is 0 Å². The van der Waals surface area contributed by atoms with Crippen molar-refractivity contribution < 1.29 is 19.4 Å². The Morgan fingerprint density at radius 1 is 0.909 bits per heavy atom. The van der Waals surface area contributed by atoms with Crippen LogP contribution in [0.2, 0.25) is 0 Å². The number of rotatable bonds is 5. The summed E-state index contributed by atoms with van der Waals surface area (Å²) in [7, 11) is 0. The highest BCUT2D eigenvalue weighted by Crippen LogP contribution is 2.44. The molecule has 0 aliphatic carbocycles. The van der Waals surface area contributed by atoms with Gasteiger partial charge in [-0.15, -0.1) is 0 Å². The average molecular weight is 442 g/mol. The highest BCUT2D eigenvalue weighted by Gasteiger charge is 2.47. The highest BCUT2D eigenvalue weighted by atomic mass is 16.5. The summed E-state index contributed by atoms with van der Waals surface area (Å²) in [6.07, 6.45) is -0.0407. The number of aliphatic hydroxyl groups is 1. The lowest BCUT2D eigenvalue weighted by Crippen LogP contribution is -2.30. The Bertz CT molecular complexity index is 1260. The van der Waals surface area contributed by atoms with E-state index in [0.29, 0.717) is 17.0 Å². The minimum Gasteiger partial charge on any atom is -0.507 e. The van der Waals surface area contributed by atoms with Gasteiger partial charge in [0.25, 0.3) is 11.7 Å². The van der Waals surface area contributed by atoms with Gasteiger partial charge in [0, 0.05) is 11.3 Å². The fourth-order valence-electron chi connectivity index (χ4n) is 4.25. The Morgan fingerprint density at radius 2 is 1.58 bits per heavy atom. The molecule has 1 aliphatic heterocycles. The maximum absolute atomic E-state index is 13.3. The van der Waals surface area contributed by atoms with E-state index >= 15 is 0 Å². The summed E-state index contributed by atoms with van der Waals surface area (Å²) in [5, 5.41) is 11.3. The van der Waals surface area contributed by atoms with Crippen LogP contribution in [-0.4, -0.2) is 22.9 Å². The van der Waals surface area contributed by atoms with Crippen LogP contribution in [0, 0.1) is 13.8 Å². The number of aryl methyl sites for hydroxylation is 2. The average Bonchev–Trinajstić information content (AvgIpc) is 3.04. The van der Waals surface area contributed by atoms with Gasteiger partial charge in [0.2, 0.25) is 0 Å². The summed E-state index contributed by atoms with van der Waals surface area (Å²) in [5.41, 5.74) is 3.71. The molecule has 1 unspecified atom stereocenters. The predicted molar refractivity (Wildman–Crippen MR) is 129 cm³/mol. The van der Waals surface area contributed by atoms with Gasteiger partial charge in [-0.25, -0.2) is 0 Å². The topological polar surface area (TPSA) is 66.8 Å². The van der Waals surface area contributed by atoms with E-state index in [1.165, 1.54) is 4.90 Å². The number of benzene rings is 3. The van der Waals surface area contributed by atoms with Crippen molar-refractivity contribution >= 4 is 23.1 Å². The molecule has 1 N–H and O–H groups in total. The van der Waals surface area contributed by atoms with Crippen molar-refractivity contribution in [1.82, 2.24) is 0 Å². The van der Waals surface area contributed by atoms with Gasteiger partial charge in [0.15, 0.2) is 0 Å². The Kier molecular flexibility index (Phi) is 6.05. The predicted octanol–water partition coefficient (Wildman–Crippen LogP) is 5.72. The van der Waals surface area contributed by atoms with Gasteiger partial charge in [0.1, 0.15) is 11.5 Å². The van der Waals surface area contributed by atoms with Gasteiger partial charge in [-0.2, -0.15) is 0 Å². The lowest BCUT2D eigenvalue weighted by molar-refractivity contribution is -0.132. The number of amides is 1. The molecule has 1 aliphatic rings. The van der Waals surface area contributed by atoms with Gasteiger partial charge < -0.3 is 9.84 Å². The molecule has 0 saturated carbocycles. The Balaban J connectivity index is 1.95. The molecule has 1 heterocycles. The summed E-state index contributed by atoms with van der Waals surface area (Å²) in [5.74, 6) is -1.01. The minimum atomic E-state index is -0.748. The molecule has 1 amide bonds. The van der Waals surface area contributed by atoms with Crippen LogP contribution >= 0.6 is 0 Å². The molecule has 5 heteroatoms. The zero-order valence-electron chi connectivity index (χ0n) is 19.2. The maximum Gasteiger partial charge on any atom is 0.300 e. The molecule has 0 spiro atoms. The molecule has 0 bridgehead atoms. The molecule has 168 valence electrons. The number of ether oxygens (including phenoxy) is 1. The number of carbonyl (C=O) groups excluding carboxylic acids is 2. The van der Waals surface area contributed by atoms with Crippen LogP contribution in [0.4, 0.5) is 5.69 Å². The van der Waals surface area contributed by atoms with Crippen LogP contribution in [0.5, 0.6) is 5.75 Å². The van der Waals surface area contributed by atoms with Crippen LogP contribution in [0.25, 0.3) is 5.76 Å². The summed E-state index contributed by atoms with van der Waals surface area (Å²) >= 11 is 0. The molecule has 5 nitrogen and oxygen atoms in total. The van der Waals surface area contributed by atoms with E-state index in [9.17, 15) is 14.7 Å². The first-order valence-electron chi connectivity index (χ1n) is 11.0. The number of carbonyl (C=O) groups is 2. The van der Waals surface area contributed by atoms with Gasteiger partial charge in [-0.05, 0) is 62.6 Å². The van der Waals surface area contributed by atoms with Crippen molar-refractivity contribution in [2.24, 2.45) is 0 Å². The molecule has 3 aromatic carbocycles. The number of nitrogens with zero attached hydrogens (tertiary/aromatic N) is 1. The monoisotopic (exact) mass is 441 g/mol. The second-order valence-corrected chi connectivity index (χ2v) is 8.51. The number of anilines is 1. The van der Waals surface area contributed by atoms with Crippen molar-refractivity contribution in [1.29, 1.82) is 0 Å². The molecule has 1 fully saturated rings. The molecule has 1 saturated heterocycles. The van der Waals surface area contributed by atoms with Crippen molar-refractivity contribution in [2.45, 2.75) is 39.8 Å². The first kappa shape index (κ1) is 22.3. The molecular weight excluding hydrogens is 414 g/mol. The molecule has 4 rings (SSSR count). The smallest absolute Gasteiger partial charge is 0.300 e. The third-order valence-corrected chi connectivity index (χ3v) is 5.78. The summed E-state index contributed by atoms with van der Waals surface area (Å²) in [6.45, 7) is 7.66. The van der Waals surface area contributed by atoms with Crippen LogP contribution < -0.4 is 9.64 Å². The van der Waals surface area contributed by atoms with Crippen LogP contribution in [-0.2, 0) is 9.59 Å². The second kappa shape index (κ2) is 8.94. The molecular formula is C28H27NO4. The number of hydrogen-bond acceptors (Lipinski definition) is 4.